The molecule has 64 valence electrons. The third kappa shape index (κ3) is 3.58. The molecule has 0 aromatic heterocycles. The van der Waals surface area contributed by atoms with Gasteiger partial charge in [-0.15, -0.1) is 5.26 Å². The smallest absolute Gasteiger partial charge is 0.338 e. The van der Waals surface area contributed by atoms with E-state index in [2.05, 4.69) is 4.74 Å². The molecule has 0 heterocycles. The lowest BCUT2D eigenvalue weighted by molar-refractivity contribution is -0.140. The van der Waals surface area contributed by atoms with Gasteiger partial charge in [0.15, 0.2) is 0 Å². The molecule has 0 N–H and O–H groups in total. The monoisotopic (exact) mass is 166 g/mol. The minimum absolute atomic E-state index is 0.466. The zero-order valence-corrected chi connectivity index (χ0v) is 6.91. The number of carbonyl (C=O) groups is 1. The summed E-state index contributed by atoms with van der Waals surface area (Å²) >= 11 is 0. The van der Waals surface area contributed by atoms with Crippen LogP contribution in [-0.4, -0.2) is 5.97 Å². The van der Waals surface area contributed by atoms with Crippen LogP contribution in [0.15, 0.2) is 0 Å². The first-order chi connectivity index (χ1) is 5.76. The van der Waals surface area contributed by atoms with Crippen LogP contribution >= 0.6 is 0 Å². The molecule has 0 aromatic carbocycles. The van der Waals surface area contributed by atoms with E-state index in [9.17, 15) is 4.79 Å². The summed E-state index contributed by atoms with van der Waals surface area (Å²) in [6, 6.07) is 1.80. The molecular formula is C8H10N2O2. The highest BCUT2D eigenvalue weighted by Gasteiger charge is 2.18. The molecule has 0 rings (SSSR count). The molecule has 12 heavy (non-hydrogen) atoms. The Morgan fingerprint density at radius 3 is 2.67 bits per heavy atom. The Kier molecular flexibility index (Phi) is 5.38. The number of unbranched alkanes of at least 4 members (excludes halogenated alkanes) is 1. The summed E-state index contributed by atoms with van der Waals surface area (Å²) in [5.41, 5.74) is 0. The molecule has 0 spiro atoms. The Bertz CT molecular complexity index is 224. The van der Waals surface area contributed by atoms with Gasteiger partial charge in [-0.05, 0) is 6.42 Å². The SMILES string of the molecule is CCCCC(C#N)C(=O)OC#N. The van der Waals surface area contributed by atoms with E-state index in [-0.39, 0.29) is 0 Å². The van der Waals surface area contributed by atoms with Crippen LogP contribution in [0.1, 0.15) is 26.2 Å². The second-order valence-corrected chi connectivity index (χ2v) is 2.34. The Hall–Kier alpha value is -1.55. The van der Waals surface area contributed by atoms with Gasteiger partial charge in [0.2, 0.25) is 0 Å². The van der Waals surface area contributed by atoms with Crippen molar-refractivity contribution in [1.29, 1.82) is 10.5 Å². The molecule has 0 amide bonds. The molecule has 0 radical (unpaired) electrons. The van der Waals surface area contributed by atoms with Gasteiger partial charge >= 0.3 is 5.97 Å². The van der Waals surface area contributed by atoms with Crippen LogP contribution < -0.4 is 0 Å². The van der Waals surface area contributed by atoms with Crippen LogP contribution in [0.4, 0.5) is 0 Å². The second kappa shape index (κ2) is 6.18. The predicted molar refractivity (Wildman–Crippen MR) is 40.3 cm³/mol. The fourth-order valence-corrected chi connectivity index (χ4v) is 0.759. The van der Waals surface area contributed by atoms with Crippen molar-refractivity contribution in [2.75, 3.05) is 0 Å². The van der Waals surface area contributed by atoms with Crippen LogP contribution in [-0.2, 0) is 9.53 Å². The summed E-state index contributed by atoms with van der Waals surface area (Å²) in [6.07, 6.45) is 3.43. The molecule has 0 aromatic rings. The third-order valence-electron chi connectivity index (χ3n) is 1.43. The Morgan fingerprint density at radius 2 is 2.25 bits per heavy atom. The lowest BCUT2D eigenvalue weighted by atomic mass is 10.0. The standard InChI is InChI=1S/C8H10N2O2/c1-2-3-4-7(5-9)8(11)12-6-10/h7H,2-4H2,1H3. The van der Waals surface area contributed by atoms with Gasteiger partial charge in [0.25, 0.3) is 6.26 Å². The first kappa shape index (κ1) is 10.4. The molecule has 1 atom stereocenters. The molecule has 0 aliphatic carbocycles. The van der Waals surface area contributed by atoms with Crippen molar-refractivity contribution in [3.8, 4) is 12.3 Å². The van der Waals surface area contributed by atoms with Gasteiger partial charge in [0.05, 0.1) is 6.07 Å². The average molecular weight is 166 g/mol. The van der Waals surface area contributed by atoms with E-state index in [1.807, 2.05) is 6.92 Å². The van der Waals surface area contributed by atoms with Crippen LogP contribution in [0.3, 0.4) is 0 Å². The topological polar surface area (TPSA) is 73.9 Å². The zero-order chi connectivity index (χ0) is 9.40. The zero-order valence-electron chi connectivity index (χ0n) is 6.91. The van der Waals surface area contributed by atoms with Crippen molar-refractivity contribution in [1.82, 2.24) is 0 Å². The molecular weight excluding hydrogens is 156 g/mol. The lowest BCUT2D eigenvalue weighted by Gasteiger charge is -2.02. The largest absolute Gasteiger partial charge is 0.350 e. The molecule has 0 saturated carbocycles. The van der Waals surface area contributed by atoms with Crippen LogP contribution in [0, 0.1) is 28.8 Å². The minimum Gasteiger partial charge on any atom is -0.350 e. The molecule has 4 nitrogen and oxygen atoms in total. The first-order valence-corrected chi connectivity index (χ1v) is 3.75. The third-order valence-corrected chi connectivity index (χ3v) is 1.43. The van der Waals surface area contributed by atoms with Gasteiger partial charge in [-0.3, -0.25) is 0 Å². The highest BCUT2D eigenvalue weighted by molar-refractivity contribution is 5.75. The van der Waals surface area contributed by atoms with Gasteiger partial charge in [0, 0.05) is 0 Å². The fraction of sp³-hybridized carbons (Fsp3) is 0.625. The van der Waals surface area contributed by atoms with Gasteiger partial charge in [-0.2, -0.15) is 5.26 Å². The quantitative estimate of drug-likeness (QED) is 0.466. The molecule has 0 aliphatic rings. The Balaban J connectivity index is 3.92. The maximum Gasteiger partial charge on any atom is 0.338 e. The summed E-state index contributed by atoms with van der Waals surface area (Å²) in [5.74, 6) is -1.53. The summed E-state index contributed by atoms with van der Waals surface area (Å²) in [7, 11) is 0. The van der Waals surface area contributed by atoms with Crippen molar-refractivity contribution in [2.45, 2.75) is 26.2 Å². The van der Waals surface area contributed by atoms with Crippen molar-refractivity contribution >= 4 is 5.97 Å². The fourth-order valence-electron chi connectivity index (χ4n) is 0.759. The summed E-state index contributed by atoms with van der Waals surface area (Å²) < 4.78 is 4.04. The molecule has 0 fully saturated rings. The Morgan fingerprint density at radius 1 is 1.58 bits per heavy atom. The van der Waals surface area contributed by atoms with Crippen LogP contribution in [0.25, 0.3) is 0 Å². The highest BCUT2D eigenvalue weighted by atomic mass is 16.5. The van der Waals surface area contributed by atoms with Gasteiger partial charge in [-0.25, -0.2) is 4.79 Å². The van der Waals surface area contributed by atoms with E-state index < -0.39 is 11.9 Å². The number of nitriles is 2. The summed E-state index contributed by atoms with van der Waals surface area (Å²) in [6.45, 7) is 1.96. The number of rotatable bonds is 4. The average Bonchev–Trinajstić information content (AvgIpc) is 2.06. The van der Waals surface area contributed by atoms with E-state index in [0.29, 0.717) is 6.42 Å². The Labute approximate surface area is 71.4 Å². The van der Waals surface area contributed by atoms with Crippen molar-refractivity contribution in [3.05, 3.63) is 0 Å². The number of nitrogens with zero attached hydrogens (tertiary/aromatic N) is 2. The van der Waals surface area contributed by atoms with Crippen LogP contribution in [0.5, 0.6) is 0 Å². The lowest BCUT2D eigenvalue weighted by Crippen LogP contribution is -2.13. The van der Waals surface area contributed by atoms with Crippen molar-refractivity contribution in [2.24, 2.45) is 5.92 Å². The van der Waals surface area contributed by atoms with E-state index >= 15 is 0 Å². The second-order valence-electron chi connectivity index (χ2n) is 2.34. The number of ether oxygens (including phenoxy) is 1. The summed E-state index contributed by atoms with van der Waals surface area (Å²) in [5, 5.41) is 16.5. The van der Waals surface area contributed by atoms with Crippen LogP contribution in [0.2, 0.25) is 0 Å². The van der Waals surface area contributed by atoms with E-state index in [1.54, 1.807) is 6.07 Å². The molecule has 1 unspecified atom stereocenters. The number of hydrogen-bond acceptors (Lipinski definition) is 4. The van der Waals surface area contributed by atoms with Crippen molar-refractivity contribution in [3.63, 3.8) is 0 Å². The number of esters is 1. The minimum atomic E-state index is -0.787. The number of hydrogen-bond donors (Lipinski definition) is 0. The summed E-state index contributed by atoms with van der Waals surface area (Å²) in [4.78, 5) is 10.8. The maximum atomic E-state index is 10.8. The van der Waals surface area contributed by atoms with E-state index in [1.165, 1.54) is 6.26 Å². The predicted octanol–water partition coefficient (Wildman–Crippen LogP) is 1.34. The van der Waals surface area contributed by atoms with Gasteiger partial charge < -0.3 is 4.74 Å². The molecule has 4 heteroatoms. The normalized spacial score (nSPS) is 10.9. The molecule has 0 saturated heterocycles. The first-order valence-electron chi connectivity index (χ1n) is 3.75. The number of carbonyl (C=O) groups excluding carboxylic acids is 1. The van der Waals surface area contributed by atoms with E-state index in [4.69, 9.17) is 10.5 Å². The van der Waals surface area contributed by atoms with Gasteiger partial charge in [0.1, 0.15) is 5.92 Å². The maximum absolute atomic E-state index is 10.8. The highest BCUT2D eigenvalue weighted by Crippen LogP contribution is 2.08. The molecule has 0 aliphatic heterocycles. The molecule has 0 bridgehead atoms. The van der Waals surface area contributed by atoms with E-state index in [0.717, 1.165) is 12.8 Å². The van der Waals surface area contributed by atoms with Crippen molar-refractivity contribution < 1.29 is 9.53 Å². The van der Waals surface area contributed by atoms with Gasteiger partial charge in [-0.1, -0.05) is 19.8 Å².